The van der Waals surface area contributed by atoms with E-state index >= 15 is 0 Å². The number of hydrogen-bond donors (Lipinski definition) is 1. The molecule has 0 spiro atoms. The lowest BCUT2D eigenvalue weighted by Crippen LogP contribution is -2.32. The normalized spacial score (nSPS) is 24.3. The van der Waals surface area contributed by atoms with Crippen LogP contribution in [0.2, 0.25) is 0 Å². The van der Waals surface area contributed by atoms with E-state index in [1.54, 1.807) is 12.1 Å². The van der Waals surface area contributed by atoms with Gasteiger partial charge in [-0.25, -0.2) is 9.59 Å². The Morgan fingerprint density at radius 2 is 1.57 bits per heavy atom. The summed E-state index contributed by atoms with van der Waals surface area (Å²) in [7, 11) is 1.28. The average Bonchev–Trinajstić information content (AvgIpc) is 3.56. The van der Waals surface area contributed by atoms with Gasteiger partial charge in [-0.2, -0.15) is 0 Å². The van der Waals surface area contributed by atoms with E-state index in [2.05, 4.69) is 10.1 Å². The summed E-state index contributed by atoms with van der Waals surface area (Å²) in [6.45, 7) is -0.531. The van der Waals surface area contributed by atoms with E-state index in [-0.39, 0.29) is 41.0 Å². The van der Waals surface area contributed by atoms with Gasteiger partial charge in [-0.1, -0.05) is 6.07 Å². The topological polar surface area (TPSA) is 119 Å². The van der Waals surface area contributed by atoms with E-state index in [1.165, 1.54) is 48.4 Å². The van der Waals surface area contributed by atoms with Gasteiger partial charge in [-0.05, 0) is 73.6 Å². The molecule has 2 aromatic carbocycles. The Labute approximate surface area is 201 Å². The quantitative estimate of drug-likeness (QED) is 0.503. The minimum absolute atomic E-state index is 0.137. The molecule has 0 radical (unpaired) electrons. The van der Waals surface area contributed by atoms with E-state index in [0.29, 0.717) is 16.9 Å². The number of rotatable bonds is 6. The van der Waals surface area contributed by atoms with Crippen molar-refractivity contribution in [2.75, 3.05) is 23.9 Å². The van der Waals surface area contributed by atoms with Crippen molar-refractivity contribution in [2.24, 2.45) is 23.7 Å². The molecule has 2 saturated carbocycles. The van der Waals surface area contributed by atoms with Crippen molar-refractivity contribution in [2.45, 2.75) is 19.3 Å². The molecule has 2 bridgehead atoms. The second kappa shape index (κ2) is 8.98. The first kappa shape index (κ1) is 22.8. The maximum Gasteiger partial charge on any atom is 0.338 e. The van der Waals surface area contributed by atoms with Crippen LogP contribution in [0.25, 0.3) is 0 Å². The molecule has 3 amide bonds. The number of benzene rings is 2. The fraction of sp³-hybridized carbons (Fsp3) is 0.346. The molecule has 2 aromatic rings. The zero-order chi connectivity index (χ0) is 24.7. The zero-order valence-corrected chi connectivity index (χ0v) is 19.1. The molecule has 5 rings (SSSR count). The standard InChI is InChI=1S/C26H24N2O7/c1-34-25(32)14-7-9-18(10-8-14)27-20(29)13-35-26(33)17-3-2-4-19(12-17)28-23(30)21-15-5-6-16(11-15)22(21)24(28)31/h2-4,7-10,12,15-16,21-22H,5-6,11,13H2,1H3,(H,27,29)/t15-,16-,21-,22+/m0/s1. The number of nitrogens with one attached hydrogen (secondary N) is 1. The number of ether oxygens (including phenoxy) is 2. The highest BCUT2D eigenvalue weighted by Gasteiger charge is 2.61. The number of anilines is 2. The number of esters is 2. The number of imide groups is 1. The summed E-state index contributed by atoms with van der Waals surface area (Å²) in [6.07, 6.45) is 2.93. The van der Waals surface area contributed by atoms with E-state index in [0.717, 1.165) is 19.3 Å². The van der Waals surface area contributed by atoms with Gasteiger partial charge < -0.3 is 14.8 Å². The molecule has 9 heteroatoms. The minimum Gasteiger partial charge on any atom is -0.465 e. The molecule has 4 atom stereocenters. The Hall–Kier alpha value is -4.01. The molecule has 180 valence electrons. The van der Waals surface area contributed by atoms with E-state index < -0.39 is 24.5 Å². The van der Waals surface area contributed by atoms with Crippen LogP contribution in [0.3, 0.4) is 0 Å². The molecule has 1 heterocycles. The number of carbonyl (C=O) groups excluding carboxylic acids is 5. The molecule has 1 N–H and O–H groups in total. The molecule has 3 fully saturated rings. The van der Waals surface area contributed by atoms with Gasteiger partial charge in [0.05, 0.1) is 35.8 Å². The van der Waals surface area contributed by atoms with Crippen LogP contribution in [-0.2, 0) is 23.9 Å². The second-order valence-corrected chi connectivity index (χ2v) is 9.14. The maximum atomic E-state index is 13.0. The molecule has 2 aliphatic carbocycles. The van der Waals surface area contributed by atoms with Crippen LogP contribution in [0.5, 0.6) is 0 Å². The Balaban J connectivity index is 1.20. The summed E-state index contributed by atoms with van der Waals surface area (Å²) in [5, 5.41) is 2.57. The highest BCUT2D eigenvalue weighted by Crippen LogP contribution is 2.56. The Kier molecular flexibility index (Phi) is 5.84. The van der Waals surface area contributed by atoms with Gasteiger partial charge in [0.25, 0.3) is 5.91 Å². The summed E-state index contributed by atoms with van der Waals surface area (Å²) >= 11 is 0. The Morgan fingerprint density at radius 3 is 2.20 bits per heavy atom. The third kappa shape index (κ3) is 4.07. The number of methoxy groups -OCH3 is 1. The lowest BCUT2D eigenvalue weighted by atomic mass is 9.81. The van der Waals surface area contributed by atoms with Crippen molar-refractivity contribution < 1.29 is 33.4 Å². The Morgan fingerprint density at radius 1 is 0.914 bits per heavy atom. The monoisotopic (exact) mass is 476 g/mol. The van der Waals surface area contributed by atoms with E-state index in [9.17, 15) is 24.0 Å². The third-order valence-corrected chi connectivity index (χ3v) is 7.19. The lowest BCUT2D eigenvalue weighted by Gasteiger charge is -2.19. The van der Waals surface area contributed by atoms with Crippen molar-refractivity contribution in [3.8, 4) is 0 Å². The fourth-order valence-corrected chi connectivity index (χ4v) is 5.65. The molecule has 1 saturated heterocycles. The Bertz CT molecular complexity index is 1190. The van der Waals surface area contributed by atoms with Crippen LogP contribution in [0, 0.1) is 23.7 Å². The smallest absolute Gasteiger partial charge is 0.338 e. The lowest BCUT2D eigenvalue weighted by molar-refractivity contribution is -0.123. The van der Waals surface area contributed by atoms with E-state index in [1.807, 2.05) is 0 Å². The highest BCUT2D eigenvalue weighted by molar-refractivity contribution is 6.22. The van der Waals surface area contributed by atoms with E-state index in [4.69, 9.17) is 4.74 Å². The van der Waals surface area contributed by atoms with Crippen LogP contribution >= 0.6 is 0 Å². The molecule has 9 nitrogen and oxygen atoms in total. The average molecular weight is 476 g/mol. The zero-order valence-electron chi connectivity index (χ0n) is 19.1. The maximum absolute atomic E-state index is 13.0. The number of amides is 3. The fourth-order valence-electron chi connectivity index (χ4n) is 5.65. The molecule has 1 aliphatic heterocycles. The summed E-state index contributed by atoms with van der Waals surface area (Å²) in [4.78, 5) is 63.5. The minimum atomic E-state index is -0.748. The SMILES string of the molecule is COC(=O)c1ccc(NC(=O)COC(=O)c2cccc(N3C(=O)[C@@H]4[C@H]5CC[C@@H](C5)[C@@H]4C3=O)c2)cc1. The largest absolute Gasteiger partial charge is 0.465 e. The third-order valence-electron chi connectivity index (χ3n) is 7.19. The molecule has 0 aromatic heterocycles. The van der Waals surface area contributed by atoms with Gasteiger partial charge in [0, 0.05) is 5.69 Å². The van der Waals surface area contributed by atoms with Gasteiger partial charge in [0.1, 0.15) is 0 Å². The molecular weight excluding hydrogens is 452 g/mol. The first-order chi connectivity index (χ1) is 16.9. The van der Waals surface area contributed by atoms with Crippen molar-refractivity contribution >= 4 is 41.0 Å². The van der Waals surface area contributed by atoms with Gasteiger partial charge in [0.2, 0.25) is 11.8 Å². The first-order valence-corrected chi connectivity index (χ1v) is 11.5. The van der Waals surface area contributed by atoms with Crippen LogP contribution in [0.1, 0.15) is 40.0 Å². The van der Waals surface area contributed by atoms with Crippen LogP contribution in [0.4, 0.5) is 11.4 Å². The van der Waals surface area contributed by atoms with Crippen LogP contribution in [-0.4, -0.2) is 43.4 Å². The van der Waals surface area contributed by atoms with Gasteiger partial charge in [0.15, 0.2) is 6.61 Å². The molecule has 3 aliphatic rings. The molecule has 0 unspecified atom stereocenters. The number of carbonyl (C=O) groups is 5. The summed E-state index contributed by atoms with van der Waals surface area (Å²) in [5.74, 6) is -2.12. The number of nitrogens with zero attached hydrogens (tertiary/aromatic N) is 1. The van der Waals surface area contributed by atoms with Crippen molar-refractivity contribution in [3.63, 3.8) is 0 Å². The van der Waals surface area contributed by atoms with Crippen molar-refractivity contribution in [1.29, 1.82) is 0 Å². The summed E-state index contributed by atoms with van der Waals surface area (Å²) in [5.41, 5.74) is 1.24. The molecular formula is C26H24N2O7. The van der Waals surface area contributed by atoms with Crippen molar-refractivity contribution in [1.82, 2.24) is 0 Å². The van der Waals surface area contributed by atoms with Gasteiger partial charge in [-0.15, -0.1) is 0 Å². The molecule has 35 heavy (non-hydrogen) atoms. The van der Waals surface area contributed by atoms with Gasteiger partial charge >= 0.3 is 11.9 Å². The second-order valence-electron chi connectivity index (χ2n) is 9.14. The predicted octanol–water partition coefficient (Wildman–Crippen LogP) is 2.80. The summed E-state index contributed by atoms with van der Waals surface area (Å²) < 4.78 is 9.74. The first-order valence-electron chi connectivity index (χ1n) is 11.5. The predicted molar refractivity (Wildman–Crippen MR) is 123 cm³/mol. The van der Waals surface area contributed by atoms with Crippen molar-refractivity contribution in [3.05, 3.63) is 59.7 Å². The highest BCUT2D eigenvalue weighted by atomic mass is 16.5. The number of fused-ring (bicyclic) bond motifs is 5. The van der Waals surface area contributed by atoms with Crippen LogP contribution in [0.15, 0.2) is 48.5 Å². The van der Waals surface area contributed by atoms with Crippen LogP contribution < -0.4 is 10.2 Å². The van der Waals surface area contributed by atoms with Gasteiger partial charge in [-0.3, -0.25) is 19.3 Å². The summed E-state index contributed by atoms with van der Waals surface area (Å²) in [6, 6.07) is 12.2. The number of hydrogen-bond acceptors (Lipinski definition) is 7.